The van der Waals surface area contributed by atoms with E-state index in [4.69, 9.17) is 10.00 Å². The van der Waals surface area contributed by atoms with Gasteiger partial charge in [0.2, 0.25) is 5.91 Å². The van der Waals surface area contributed by atoms with E-state index < -0.39 is 12.2 Å². The fourth-order valence-corrected chi connectivity index (χ4v) is 4.68. The van der Waals surface area contributed by atoms with Crippen LogP contribution in [0.4, 0.5) is 10.1 Å². The molecule has 0 aliphatic carbocycles. The molecule has 0 radical (unpaired) electrons. The molecule has 2 N–H and O–H groups in total. The first kappa shape index (κ1) is 27.3. The molecule has 38 heavy (non-hydrogen) atoms. The van der Waals surface area contributed by atoms with E-state index in [1.807, 2.05) is 44.2 Å². The second-order valence-electron chi connectivity index (χ2n) is 9.97. The van der Waals surface area contributed by atoms with E-state index in [1.54, 1.807) is 12.1 Å². The van der Waals surface area contributed by atoms with E-state index >= 15 is 0 Å². The zero-order valence-corrected chi connectivity index (χ0v) is 22.0. The van der Waals surface area contributed by atoms with Crippen LogP contribution in [-0.4, -0.2) is 44.7 Å². The van der Waals surface area contributed by atoms with Crippen molar-refractivity contribution >= 4 is 11.6 Å². The van der Waals surface area contributed by atoms with E-state index in [0.29, 0.717) is 6.42 Å². The molecule has 4 rings (SSSR count). The maximum atomic E-state index is 13.7. The van der Waals surface area contributed by atoms with Crippen LogP contribution in [-0.2, 0) is 9.53 Å². The van der Waals surface area contributed by atoms with Crippen molar-refractivity contribution in [3.63, 3.8) is 0 Å². The van der Waals surface area contributed by atoms with E-state index in [-0.39, 0.29) is 24.2 Å². The number of rotatable bonds is 10. The molecule has 6 nitrogen and oxygen atoms in total. The van der Waals surface area contributed by atoms with Gasteiger partial charge in [-0.1, -0.05) is 62.4 Å². The standard InChI is InChI=1S/C31H35FN4O2/c1-22(2)21-29(31(37)35-16-15-33)38-30(26-7-11-27(32)12-8-26)25-5-3-23(4-6-25)24-9-13-28(14-10-24)36-19-17-34-18-20-36/h3-14,22,29-30,34H,16-21H2,1-2H3,(H,35,37). The molecule has 3 aromatic rings. The van der Waals surface area contributed by atoms with Crippen molar-refractivity contribution in [1.29, 1.82) is 5.26 Å². The molecule has 1 fully saturated rings. The molecule has 1 heterocycles. The molecule has 0 spiro atoms. The van der Waals surface area contributed by atoms with Crippen molar-refractivity contribution in [2.45, 2.75) is 32.5 Å². The second kappa shape index (κ2) is 13.2. The first-order chi connectivity index (χ1) is 18.4. The minimum absolute atomic E-state index is 0.0832. The summed E-state index contributed by atoms with van der Waals surface area (Å²) < 4.78 is 20.1. The van der Waals surface area contributed by atoms with Gasteiger partial charge in [-0.15, -0.1) is 0 Å². The molecule has 3 aromatic carbocycles. The zero-order valence-electron chi connectivity index (χ0n) is 22.0. The number of halogens is 1. The molecule has 7 heteroatoms. The smallest absolute Gasteiger partial charge is 0.250 e. The summed E-state index contributed by atoms with van der Waals surface area (Å²) in [5, 5.41) is 14.9. The SMILES string of the molecule is CC(C)CC(OC(c1ccc(F)cc1)c1ccc(-c2ccc(N3CCNCC3)cc2)cc1)C(=O)NCC#N. The van der Waals surface area contributed by atoms with Crippen molar-refractivity contribution in [2.24, 2.45) is 5.92 Å². The van der Waals surface area contributed by atoms with Crippen LogP contribution in [0.25, 0.3) is 11.1 Å². The lowest BCUT2D eigenvalue weighted by Crippen LogP contribution is -2.43. The van der Waals surface area contributed by atoms with Gasteiger partial charge in [0.15, 0.2) is 0 Å². The minimum atomic E-state index is -0.754. The molecule has 1 aliphatic rings. The van der Waals surface area contributed by atoms with Gasteiger partial charge in [-0.25, -0.2) is 4.39 Å². The van der Waals surface area contributed by atoms with Gasteiger partial charge < -0.3 is 20.3 Å². The van der Waals surface area contributed by atoms with Crippen LogP contribution in [0, 0.1) is 23.1 Å². The number of anilines is 1. The number of hydrogen-bond acceptors (Lipinski definition) is 5. The highest BCUT2D eigenvalue weighted by Gasteiger charge is 2.26. The van der Waals surface area contributed by atoms with Crippen molar-refractivity contribution in [2.75, 3.05) is 37.6 Å². The highest BCUT2D eigenvalue weighted by Crippen LogP contribution is 2.31. The number of ether oxygens (including phenoxy) is 1. The van der Waals surface area contributed by atoms with Crippen LogP contribution in [0.5, 0.6) is 0 Å². The molecule has 198 valence electrons. The van der Waals surface area contributed by atoms with E-state index in [1.165, 1.54) is 17.8 Å². The molecule has 0 aromatic heterocycles. The monoisotopic (exact) mass is 514 g/mol. The van der Waals surface area contributed by atoms with Gasteiger partial charge in [0.25, 0.3) is 0 Å². The number of amides is 1. The molecule has 1 aliphatic heterocycles. The van der Waals surface area contributed by atoms with Crippen LogP contribution in [0.15, 0.2) is 72.8 Å². The van der Waals surface area contributed by atoms with Gasteiger partial charge in [-0.2, -0.15) is 5.26 Å². The van der Waals surface area contributed by atoms with Gasteiger partial charge in [0, 0.05) is 31.9 Å². The summed E-state index contributed by atoms with van der Waals surface area (Å²) in [5.41, 5.74) is 5.02. The molecular weight excluding hydrogens is 479 g/mol. The van der Waals surface area contributed by atoms with Crippen molar-refractivity contribution in [3.8, 4) is 17.2 Å². The van der Waals surface area contributed by atoms with E-state index in [9.17, 15) is 9.18 Å². The van der Waals surface area contributed by atoms with Gasteiger partial charge in [0.05, 0.1) is 6.07 Å². The molecule has 0 bridgehead atoms. The average molecular weight is 515 g/mol. The second-order valence-corrected chi connectivity index (χ2v) is 9.97. The third-order valence-corrected chi connectivity index (χ3v) is 6.69. The molecule has 2 unspecified atom stereocenters. The van der Waals surface area contributed by atoms with E-state index in [0.717, 1.165) is 48.4 Å². The molecule has 2 atom stereocenters. The largest absolute Gasteiger partial charge is 0.369 e. The summed E-state index contributed by atoms with van der Waals surface area (Å²) in [6.07, 6.45) is -0.834. The van der Waals surface area contributed by atoms with Crippen LogP contribution in [0.3, 0.4) is 0 Å². The number of hydrogen-bond donors (Lipinski definition) is 2. The third kappa shape index (κ3) is 7.18. The van der Waals surface area contributed by atoms with Crippen LogP contribution >= 0.6 is 0 Å². The van der Waals surface area contributed by atoms with Crippen molar-refractivity contribution < 1.29 is 13.9 Å². The number of carbonyl (C=O) groups is 1. The Labute approximate surface area is 224 Å². The molecule has 1 amide bonds. The number of piperazine rings is 1. The Hall–Kier alpha value is -3.73. The lowest BCUT2D eigenvalue weighted by atomic mass is 9.97. The van der Waals surface area contributed by atoms with Crippen LogP contribution in [0.1, 0.15) is 37.5 Å². The van der Waals surface area contributed by atoms with Crippen LogP contribution < -0.4 is 15.5 Å². The molecule has 1 saturated heterocycles. The maximum absolute atomic E-state index is 13.7. The van der Waals surface area contributed by atoms with Gasteiger partial charge in [0.1, 0.15) is 24.6 Å². The number of nitrogens with zero attached hydrogens (tertiary/aromatic N) is 2. The third-order valence-electron chi connectivity index (χ3n) is 6.69. The lowest BCUT2D eigenvalue weighted by molar-refractivity contribution is -0.136. The quantitative estimate of drug-likeness (QED) is 0.370. The Morgan fingerprint density at radius 3 is 2.08 bits per heavy atom. The first-order valence-electron chi connectivity index (χ1n) is 13.2. The number of nitrogens with one attached hydrogen (secondary N) is 2. The van der Waals surface area contributed by atoms with Crippen molar-refractivity contribution in [3.05, 3.63) is 89.7 Å². The molecular formula is C31H35FN4O2. The number of benzene rings is 3. The minimum Gasteiger partial charge on any atom is -0.369 e. The number of nitriles is 1. The Morgan fingerprint density at radius 2 is 1.53 bits per heavy atom. The highest BCUT2D eigenvalue weighted by molar-refractivity contribution is 5.81. The maximum Gasteiger partial charge on any atom is 0.250 e. The summed E-state index contributed by atoms with van der Waals surface area (Å²) in [4.78, 5) is 15.2. The Bertz CT molecular complexity index is 1210. The Morgan fingerprint density at radius 1 is 0.974 bits per heavy atom. The predicted octanol–water partition coefficient (Wildman–Crippen LogP) is 5.06. The van der Waals surface area contributed by atoms with Gasteiger partial charge >= 0.3 is 0 Å². The van der Waals surface area contributed by atoms with Gasteiger partial charge in [-0.05, 0) is 58.9 Å². The summed E-state index contributed by atoms with van der Waals surface area (Å²) in [6.45, 7) is 7.96. The zero-order chi connectivity index (χ0) is 26.9. The summed E-state index contributed by atoms with van der Waals surface area (Å²) in [5.74, 6) is -0.459. The van der Waals surface area contributed by atoms with Gasteiger partial charge in [-0.3, -0.25) is 4.79 Å². The van der Waals surface area contributed by atoms with E-state index in [2.05, 4.69) is 39.8 Å². The fourth-order valence-electron chi connectivity index (χ4n) is 4.68. The fraction of sp³-hybridized carbons (Fsp3) is 0.355. The number of carbonyl (C=O) groups excluding carboxylic acids is 1. The summed E-state index contributed by atoms with van der Waals surface area (Å²) >= 11 is 0. The lowest BCUT2D eigenvalue weighted by Gasteiger charge is -2.29. The average Bonchev–Trinajstić information content (AvgIpc) is 2.95. The Balaban J connectivity index is 1.58. The normalized spacial score (nSPS) is 15.1. The Kier molecular flexibility index (Phi) is 9.47. The summed E-state index contributed by atoms with van der Waals surface area (Å²) in [6, 6.07) is 24.8. The predicted molar refractivity (Wildman–Crippen MR) is 148 cm³/mol. The molecule has 0 saturated carbocycles. The first-order valence-corrected chi connectivity index (χ1v) is 13.2. The van der Waals surface area contributed by atoms with Crippen molar-refractivity contribution in [1.82, 2.24) is 10.6 Å². The van der Waals surface area contributed by atoms with Crippen LogP contribution in [0.2, 0.25) is 0 Å². The topological polar surface area (TPSA) is 77.4 Å². The summed E-state index contributed by atoms with van der Waals surface area (Å²) in [7, 11) is 0. The highest BCUT2D eigenvalue weighted by atomic mass is 19.1.